The van der Waals surface area contributed by atoms with Crippen LogP contribution in [0, 0.1) is 5.82 Å². The first-order valence-corrected chi connectivity index (χ1v) is 7.00. The number of carbonyl (C=O) groups excluding carboxylic acids is 2. The van der Waals surface area contributed by atoms with Crippen LogP contribution in [0.2, 0.25) is 0 Å². The molecule has 1 N–H and O–H groups in total. The van der Waals surface area contributed by atoms with Gasteiger partial charge in [-0.1, -0.05) is 18.2 Å². The topological polar surface area (TPSA) is 83.2 Å². The van der Waals surface area contributed by atoms with Crippen LogP contribution in [0.5, 0.6) is 0 Å². The summed E-state index contributed by atoms with van der Waals surface area (Å²) in [6, 6.07) is 13.7. The lowest BCUT2D eigenvalue weighted by Gasteiger charge is -2.04. The van der Waals surface area contributed by atoms with Crippen molar-refractivity contribution < 1.29 is 14.0 Å². The summed E-state index contributed by atoms with van der Waals surface area (Å²) in [6.45, 7) is 0. The van der Waals surface area contributed by atoms with Crippen LogP contribution < -0.4 is 5.32 Å². The van der Waals surface area contributed by atoms with Gasteiger partial charge in [-0.2, -0.15) is 5.10 Å². The molecule has 1 aliphatic heterocycles. The minimum Gasteiger partial charge on any atom is -0.321 e. The number of hydrogen-bond donors (Lipinski definition) is 1. The summed E-state index contributed by atoms with van der Waals surface area (Å²) in [5.74, 6) is -1.50. The maximum absolute atomic E-state index is 12.9. The lowest BCUT2D eigenvalue weighted by Crippen LogP contribution is -2.29. The minimum atomic E-state index is -0.585. The second-order valence-corrected chi connectivity index (χ2v) is 4.82. The number of aliphatic imine (C=N–C) groups is 1. The molecule has 0 spiro atoms. The molecule has 2 amide bonds. The molecule has 0 unspecified atom stereocenters. The number of carbonyl (C=O) groups is 2. The first kappa shape index (κ1) is 15.4. The van der Waals surface area contributed by atoms with Crippen LogP contribution in [0.25, 0.3) is 0 Å². The second kappa shape index (κ2) is 6.74. The smallest absolute Gasteiger partial charge is 0.278 e. The third kappa shape index (κ3) is 3.46. The van der Waals surface area contributed by atoms with Crippen LogP contribution in [0.4, 0.5) is 10.1 Å². The lowest BCUT2D eigenvalue weighted by molar-refractivity contribution is -0.110. The van der Waals surface area contributed by atoms with Crippen molar-refractivity contribution in [3.8, 4) is 0 Å². The summed E-state index contributed by atoms with van der Waals surface area (Å²) in [4.78, 5) is 28.2. The molecule has 1 heterocycles. The Kier molecular flexibility index (Phi) is 4.33. The van der Waals surface area contributed by atoms with E-state index in [1.807, 2.05) is 0 Å². The fourth-order valence-corrected chi connectivity index (χ4v) is 1.98. The number of anilines is 1. The number of halogens is 1. The quantitative estimate of drug-likeness (QED) is 0.941. The maximum Gasteiger partial charge on any atom is 0.278 e. The Hall–Kier alpha value is -3.48. The molecule has 2 aromatic carbocycles. The maximum atomic E-state index is 12.9. The third-order valence-electron chi connectivity index (χ3n) is 3.14. The number of rotatable bonds is 3. The Bertz CT molecular complexity index is 871. The summed E-state index contributed by atoms with van der Waals surface area (Å²) < 4.78 is 12.9. The van der Waals surface area contributed by atoms with E-state index < -0.39 is 17.6 Å². The van der Waals surface area contributed by atoms with E-state index in [0.717, 1.165) is 0 Å². The van der Waals surface area contributed by atoms with E-state index >= 15 is 0 Å². The molecular formula is C17H11FN4O2. The Balaban J connectivity index is 1.76. The van der Waals surface area contributed by atoms with Gasteiger partial charge in [-0.3, -0.25) is 9.59 Å². The van der Waals surface area contributed by atoms with E-state index in [1.54, 1.807) is 30.3 Å². The molecule has 0 saturated heterocycles. The Morgan fingerprint density at radius 3 is 2.42 bits per heavy atom. The van der Waals surface area contributed by atoms with Crippen LogP contribution in [-0.2, 0) is 4.79 Å². The Morgan fingerprint density at radius 2 is 1.71 bits per heavy atom. The average molecular weight is 322 g/mol. The monoisotopic (exact) mass is 322 g/mol. The summed E-state index contributed by atoms with van der Waals surface area (Å²) in [5, 5.41) is 9.87. The molecule has 2 aromatic rings. The van der Waals surface area contributed by atoms with Gasteiger partial charge in [0, 0.05) is 11.3 Å². The van der Waals surface area contributed by atoms with Crippen LogP contribution in [0.1, 0.15) is 10.4 Å². The summed E-state index contributed by atoms with van der Waals surface area (Å²) in [5.41, 5.74) is 0.778. The van der Waals surface area contributed by atoms with Crippen molar-refractivity contribution in [1.29, 1.82) is 0 Å². The minimum absolute atomic E-state index is 0.0727. The van der Waals surface area contributed by atoms with Gasteiger partial charge in [0.2, 0.25) is 0 Å². The fourth-order valence-electron chi connectivity index (χ4n) is 1.98. The average Bonchev–Trinajstić information content (AvgIpc) is 3.06. The highest BCUT2D eigenvalue weighted by molar-refractivity contribution is 6.81. The van der Waals surface area contributed by atoms with Crippen molar-refractivity contribution in [2.75, 3.05) is 5.32 Å². The number of nitrogens with one attached hydrogen (secondary N) is 1. The van der Waals surface area contributed by atoms with Crippen LogP contribution in [0.15, 0.2) is 69.8 Å². The van der Waals surface area contributed by atoms with Crippen LogP contribution in [0.3, 0.4) is 0 Å². The van der Waals surface area contributed by atoms with Gasteiger partial charge in [0.05, 0.1) is 6.21 Å². The van der Waals surface area contributed by atoms with Gasteiger partial charge < -0.3 is 5.32 Å². The van der Waals surface area contributed by atoms with Crippen molar-refractivity contribution in [3.63, 3.8) is 0 Å². The predicted octanol–water partition coefficient (Wildman–Crippen LogP) is 2.49. The fraction of sp³-hybridized carbons (Fsp3) is 0. The van der Waals surface area contributed by atoms with E-state index in [2.05, 4.69) is 20.5 Å². The molecule has 0 aliphatic carbocycles. The molecule has 118 valence electrons. The summed E-state index contributed by atoms with van der Waals surface area (Å²) >= 11 is 0. The summed E-state index contributed by atoms with van der Waals surface area (Å²) in [6.07, 6.45) is 1.24. The van der Waals surface area contributed by atoms with Crippen molar-refractivity contribution in [2.45, 2.75) is 0 Å². The molecule has 0 saturated carbocycles. The van der Waals surface area contributed by atoms with Crippen molar-refractivity contribution in [2.24, 2.45) is 15.2 Å². The Labute approximate surface area is 136 Å². The first-order chi connectivity index (χ1) is 11.6. The van der Waals surface area contributed by atoms with Gasteiger partial charge in [0.25, 0.3) is 11.8 Å². The molecular weight excluding hydrogens is 311 g/mol. The predicted molar refractivity (Wildman–Crippen MR) is 89.2 cm³/mol. The zero-order valence-corrected chi connectivity index (χ0v) is 12.3. The van der Waals surface area contributed by atoms with Gasteiger partial charge in [-0.25, -0.2) is 9.38 Å². The molecule has 0 aromatic heterocycles. The lowest BCUT2D eigenvalue weighted by atomic mass is 10.2. The molecule has 0 atom stereocenters. The first-order valence-electron chi connectivity index (χ1n) is 7.00. The van der Waals surface area contributed by atoms with Gasteiger partial charge >= 0.3 is 0 Å². The van der Waals surface area contributed by atoms with Gasteiger partial charge in [-0.05, 0) is 36.4 Å². The van der Waals surface area contributed by atoms with Crippen LogP contribution in [-0.4, -0.2) is 29.5 Å². The highest BCUT2D eigenvalue weighted by atomic mass is 19.1. The van der Waals surface area contributed by atoms with Gasteiger partial charge in [0.15, 0.2) is 5.71 Å². The van der Waals surface area contributed by atoms with Gasteiger partial charge in [-0.15, -0.1) is 5.10 Å². The van der Waals surface area contributed by atoms with E-state index in [9.17, 15) is 14.0 Å². The summed E-state index contributed by atoms with van der Waals surface area (Å²) in [7, 11) is 0. The zero-order chi connectivity index (χ0) is 16.9. The number of hydrogen-bond acceptors (Lipinski definition) is 4. The van der Waals surface area contributed by atoms with Crippen molar-refractivity contribution in [1.82, 2.24) is 0 Å². The number of nitrogens with zero attached hydrogens (tertiary/aromatic N) is 3. The van der Waals surface area contributed by atoms with Crippen molar-refractivity contribution in [3.05, 3.63) is 66.0 Å². The van der Waals surface area contributed by atoms with E-state index in [-0.39, 0.29) is 11.4 Å². The van der Waals surface area contributed by atoms with Gasteiger partial charge in [0.1, 0.15) is 11.5 Å². The highest BCUT2D eigenvalue weighted by Gasteiger charge is 2.22. The largest absolute Gasteiger partial charge is 0.321 e. The molecule has 6 nitrogen and oxygen atoms in total. The van der Waals surface area contributed by atoms with Crippen molar-refractivity contribution >= 4 is 35.1 Å². The normalized spacial score (nSPS) is 14.5. The van der Waals surface area contributed by atoms with E-state index in [0.29, 0.717) is 11.3 Å². The molecule has 3 rings (SSSR count). The van der Waals surface area contributed by atoms with E-state index in [4.69, 9.17) is 0 Å². The standard InChI is InChI=1S/C17H11FN4O2/c18-12-6-8-13(9-7-12)20-17(24)15-14(10-19-22-15)21-16(23)11-4-2-1-3-5-11/h1-10H,(H,20,24). The molecule has 0 bridgehead atoms. The number of amides is 2. The molecule has 7 heteroatoms. The molecule has 24 heavy (non-hydrogen) atoms. The molecule has 1 aliphatic rings. The van der Waals surface area contributed by atoms with Crippen LogP contribution >= 0.6 is 0 Å². The number of benzene rings is 2. The third-order valence-corrected chi connectivity index (χ3v) is 3.14. The molecule has 0 radical (unpaired) electrons. The highest BCUT2D eigenvalue weighted by Crippen LogP contribution is 2.09. The van der Waals surface area contributed by atoms with E-state index in [1.165, 1.54) is 30.5 Å². The molecule has 0 fully saturated rings. The zero-order valence-electron chi connectivity index (χ0n) is 12.3. The second-order valence-electron chi connectivity index (χ2n) is 4.82. The Morgan fingerprint density at radius 1 is 1.00 bits per heavy atom. The SMILES string of the molecule is O=C(Nc1ccc(F)cc1)C1=NN=CC1=NC(=O)c1ccccc1.